The van der Waals surface area contributed by atoms with Crippen LogP contribution >= 0.6 is 0 Å². The molecule has 2 rings (SSSR count). The Balaban J connectivity index is 0.00000220. The van der Waals surface area contributed by atoms with Gasteiger partial charge in [-0.05, 0) is 24.3 Å². The van der Waals surface area contributed by atoms with Crippen molar-refractivity contribution in [3.8, 4) is 11.5 Å². The number of carbonyl (C=O) groups excluding carboxylic acids is 1. The zero-order valence-corrected chi connectivity index (χ0v) is 13.8. The van der Waals surface area contributed by atoms with Crippen LogP contribution < -0.4 is 34.3 Å². The molecule has 0 aliphatic heterocycles. The van der Waals surface area contributed by atoms with Gasteiger partial charge in [-0.2, -0.15) is 0 Å². The molecule has 0 aliphatic rings. The molecule has 0 bridgehead atoms. The summed E-state index contributed by atoms with van der Waals surface area (Å²) in [5.41, 5.74) is 0.270. The third kappa shape index (κ3) is 4.55. The Morgan fingerprint density at radius 3 is 2.29 bits per heavy atom. The third-order valence-electron chi connectivity index (χ3n) is 2.42. The molecule has 0 spiro atoms. The molecule has 1 N–H and O–H groups in total. The fourth-order valence-corrected chi connectivity index (χ4v) is 2.08. The average molecular weight is 316 g/mol. The van der Waals surface area contributed by atoms with Gasteiger partial charge in [-0.25, -0.2) is 13.2 Å². The van der Waals surface area contributed by atoms with Crippen molar-refractivity contribution in [2.24, 2.45) is 0 Å². The quantitative estimate of drug-likeness (QED) is 0.320. The van der Waals surface area contributed by atoms with E-state index in [0.717, 1.165) is 12.1 Å². The van der Waals surface area contributed by atoms with Crippen LogP contribution in [0.25, 0.3) is 0 Å². The number of rotatable bonds is 3. The molecule has 0 aromatic heterocycles. The minimum Gasteiger partial charge on any atom is -0.744 e. The molecule has 6 nitrogen and oxygen atoms in total. The summed E-state index contributed by atoms with van der Waals surface area (Å²) in [5.74, 6) is -1.55. The van der Waals surface area contributed by atoms with E-state index < -0.39 is 26.7 Å². The maximum Gasteiger partial charge on any atom is 1.00 e. The largest absolute Gasteiger partial charge is 1.00 e. The molecule has 0 saturated heterocycles. The van der Waals surface area contributed by atoms with Crippen molar-refractivity contribution in [1.82, 2.24) is 0 Å². The van der Waals surface area contributed by atoms with Gasteiger partial charge < -0.3 is 14.4 Å². The molecule has 2 aromatic rings. The summed E-state index contributed by atoms with van der Waals surface area (Å²) in [6.07, 6.45) is 0. The minimum absolute atomic E-state index is 0. The Bertz CT molecular complexity index is 743. The molecule has 0 amide bonds. The summed E-state index contributed by atoms with van der Waals surface area (Å²) in [4.78, 5) is 10.9. The molecule has 2 aromatic carbocycles. The van der Waals surface area contributed by atoms with Crippen LogP contribution in [0.1, 0.15) is 10.4 Å². The van der Waals surface area contributed by atoms with E-state index in [9.17, 15) is 22.9 Å². The predicted octanol–water partition coefficient (Wildman–Crippen LogP) is -1.48. The van der Waals surface area contributed by atoms with Crippen molar-refractivity contribution < 1.29 is 57.2 Å². The first-order valence-corrected chi connectivity index (χ1v) is 6.85. The van der Waals surface area contributed by atoms with E-state index in [1.165, 1.54) is 18.2 Å². The van der Waals surface area contributed by atoms with Gasteiger partial charge in [0.1, 0.15) is 21.6 Å². The van der Waals surface area contributed by atoms with Gasteiger partial charge in [0.2, 0.25) is 0 Å². The van der Waals surface area contributed by atoms with Crippen LogP contribution in [0.3, 0.4) is 0 Å². The second-order valence-electron chi connectivity index (χ2n) is 3.84. The number of phenols is 1. The number of hydrogen-bond acceptors (Lipinski definition) is 6. The first kappa shape index (κ1) is 17.7. The minimum atomic E-state index is -4.85. The number of ether oxygens (including phenoxy) is 1. The molecule has 0 saturated carbocycles. The number of aromatic hydroxyl groups is 1. The third-order valence-corrected chi connectivity index (χ3v) is 3.29. The Morgan fingerprint density at radius 1 is 1.10 bits per heavy atom. The average Bonchev–Trinajstić information content (AvgIpc) is 2.40. The normalized spacial score (nSPS) is 10.5. The monoisotopic (exact) mass is 316 g/mol. The van der Waals surface area contributed by atoms with Gasteiger partial charge in [0.25, 0.3) is 0 Å². The first-order valence-electron chi connectivity index (χ1n) is 5.44. The Kier molecular flexibility index (Phi) is 5.94. The van der Waals surface area contributed by atoms with Crippen LogP contribution in [0.15, 0.2) is 53.4 Å². The fraction of sp³-hybridized carbons (Fsp3) is 0. The van der Waals surface area contributed by atoms with Crippen LogP contribution in [-0.2, 0) is 10.1 Å². The summed E-state index contributed by atoms with van der Waals surface area (Å²) in [6.45, 7) is 0. The molecule has 0 atom stereocenters. The number of carbonyl (C=O) groups is 1. The van der Waals surface area contributed by atoms with E-state index in [1.807, 2.05) is 0 Å². The second kappa shape index (κ2) is 7.06. The Morgan fingerprint density at radius 2 is 1.71 bits per heavy atom. The number of esters is 1. The van der Waals surface area contributed by atoms with Gasteiger partial charge in [0.15, 0.2) is 0 Å². The molecule has 0 aliphatic carbocycles. The van der Waals surface area contributed by atoms with Crippen molar-refractivity contribution in [3.63, 3.8) is 0 Å². The van der Waals surface area contributed by atoms with Crippen molar-refractivity contribution in [2.75, 3.05) is 0 Å². The number of phenolic OH excluding ortho intramolecular Hbond substituents is 1. The summed E-state index contributed by atoms with van der Waals surface area (Å²) in [7, 11) is -4.85. The smallest absolute Gasteiger partial charge is 0.744 e. The second-order valence-corrected chi connectivity index (χ2v) is 5.19. The van der Waals surface area contributed by atoms with Crippen LogP contribution in [0.2, 0.25) is 0 Å². The van der Waals surface area contributed by atoms with E-state index in [2.05, 4.69) is 0 Å². The topological polar surface area (TPSA) is 104 Å². The molecule has 0 heterocycles. The SMILES string of the molecule is O=C(Oc1ccc(O)c(S(=O)(=O)[O-])c1)c1ccccc1.[Na+]. The number of hydrogen-bond donors (Lipinski definition) is 1. The van der Waals surface area contributed by atoms with E-state index in [-0.39, 0.29) is 40.9 Å². The summed E-state index contributed by atoms with van der Waals surface area (Å²) in [5, 5.41) is 9.30. The summed E-state index contributed by atoms with van der Waals surface area (Å²) >= 11 is 0. The summed E-state index contributed by atoms with van der Waals surface area (Å²) < 4.78 is 37.7. The van der Waals surface area contributed by atoms with Gasteiger partial charge in [-0.15, -0.1) is 0 Å². The van der Waals surface area contributed by atoms with Crippen LogP contribution in [-0.4, -0.2) is 24.0 Å². The standard InChI is InChI=1S/C13H10O6S.Na/c14-11-7-6-10(8-12(11)20(16,17)18)19-13(15)9-4-2-1-3-5-9;/h1-8,14H,(H,16,17,18);/q;+1/p-1. The molecule has 0 fully saturated rings. The van der Waals surface area contributed by atoms with Crippen molar-refractivity contribution in [2.45, 2.75) is 4.90 Å². The molecular weight excluding hydrogens is 307 g/mol. The van der Waals surface area contributed by atoms with Crippen LogP contribution in [0, 0.1) is 0 Å². The Labute approximate surface area is 143 Å². The molecule has 0 radical (unpaired) electrons. The molecule has 0 unspecified atom stereocenters. The molecule has 8 heteroatoms. The molecule has 104 valence electrons. The van der Waals surface area contributed by atoms with Gasteiger partial charge in [-0.3, -0.25) is 0 Å². The van der Waals surface area contributed by atoms with E-state index in [0.29, 0.717) is 0 Å². The predicted molar refractivity (Wildman–Crippen MR) is 67.5 cm³/mol. The van der Waals surface area contributed by atoms with E-state index in [1.54, 1.807) is 18.2 Å². The summed E-state index contributed by atoms with van der Waals surface area (Å²) in [6, 6.07) is 11.0. The first-order chi connectivity index (χ1) is 9.38. The molecular formula is C13H9NaO6S. The van der Waals surface area contributed by atoms with Gasteiger partial charge in [-0.1, -0.05) is 18.2 Å². The van der Waals surface area contributed by atoms with Crippen LogP contribution in [0.5, 0.6) is 11.5 Å². The number of benzene rings is 2. The Hall–Kier alpha value is -1.38. The zero-order chi connectivity index (χ0) is 14.8. The van der Waals surface area contributed by atoms with Gasteiger partial charge >= 0.3 is 35.5 Å². The van der Waals surface area contributed by atoms with Crippen molar-refractivity contribution >= 4 is 16.1 Å². The maximum atomic E-state index is 11.7. The van der Waals surface area contributed by atoms with Crippen molar-refractivity contribution in [3.05, 3.63) is 54.1 Å². The van der Waals surface area contributed by atoms with Gasteiger partial charge in [0, 0.05) is 6.07 Å². The molecule has 21 heavy (non-hydrogen) atoms. The van der Waals surface area contributed by atoms with Crippen molar-refractivity contribution in [1.29, 1.82) is 0 Å². The fourth-order valence-electron chi connectivity index (χ4n) is 1.50. The van der Waals surface area contributed by atoms with E-state index >= 15 is 0 Å². The van der Waals surface area contributed by atoms with E-state index in [4.69, 9.17) is 4.74 Å². The van der Waals surface area contributed by atoms with Gasteiger partial charge in [0.05, 0.1) is 10.5 Å². The van der Waals surface area contributed by atoms with Crippen LogP contribution in [0.4, 0.5) is 0 Å². The zero-order valence-electron chi connectivity index (χ0n) is 11.0. The maximum absolute atomic E-state index is 11.7.